The van der Waals surface area contributed by atoms with Crippen LogP contribution in [0.1, 0.15) is 18.5 Å². The molecule has 5 nitrogen and oxygen atoms in total. The molecular weight excluding hydrogens is 226 g/mol. The quantitative estimate of drug-likeness (QED) is 0.833. The van der Waals surface area contributed by atoms with Gasteiger partial charge in [-0.05, 0) is 46.1 Å². The third-order valence-corrected chi connectivity index (χ3v) is 3.31. The molecule has 0 radical (unpaired) electrons. The van der Waals surface area contributed by atoms with E-state index in [-0.39, 0.29) is 0 Å². The highest BCUT2D eigenvalue weighted by atomic mass is 15.3. The van der Waals surface area contributed by atoms with Crippen molar-refractivity contribution < 1.29 is 0 Å². The molecule has 1 unspecified atom stereocenters. The average molecular weight is 249 g/mol. The first-order valence-corrected chi connectivity index (χ1v) is 6.59. The van der Waals surface area contributed by atoms with E-state index in [0.717, 1.165) is 31.1 Å². The van der Waals surface area contributed by atoms with Gasteiger partial charge < -0.3 is 15.1 Å². The number of aromatic nitrogens is 2. The van der Waals surface area contributed by atoms with Gasteiger partial charge in [0.15, 0.2) is 5.82 Å². The highest BCUT2D eigenvalue weighted by molar-refractivity contribution is 5.40. The van der Waals surface area contributed by atoms with Crippen LogP contribution in [0.5, 0.6) is 0 Å². The Labute approximate surface area is 109 Å². The number of hydrogen-bond donors (Lipinski definition) is 1. The smallest absolute Gasteiger partial charge is 0.151 e. The molecule has 1 aliphatic rings. The number of hydrogen-bond acceptors (Lipinski definition) is 5. The van der Waals surface area contributed by atoms with E-state index in [9.17, 15) is 0 Å². The Hall–Kier alpha value is -1.20. The van der Waals surface area contributed by atoms with Crippen molar-refractivity contribution in [2.45, 2.75) is 25.4 Å². The van der Waals surface area contributed by atoms with Crippen LogP contribution in [0.25, 0.3) is 0 Å². The molecule has 1 aromatic heterocycles. The van der Waals surface area contributed by atoms with Gasteiger partial charge in [0.1, 0.15) is 0 Å². The molecule has 0 saturated carbocycles. The Balaban J connectivity index is 2.05. The lowest BCUT2D eigenvalue weighted by Crippen LogP contribution is -2.38. The molecule has 0 bridgehead atoms. The first-order chi connectivity index (χ1) is 8.70. The SMILES string of the molecule is CNCc1ccc(N2CCCC2CN(C)C)nn1. The number of likely N-dealkylation sites (N-methyl/N-ethyl adjacent to an activating group) is 1. The molecule has 0 aromatic carbocycles. The zero-order chi connectivity index (χ0) is 13.0. The molecule has 0 amide bonds. The third-order valence-electron chi connectivity index (χ3n) is 3.31. The molecule has 5 heteroatoms. The summed E-state index contributed by atoms with van der Waals surface area (Å²) in [5.74, 6) is 1.01. The molecule has 1 N–H and O–H groups in total. The standard InChI is InChI=1S/C13H23N5/c1-14-9-11-6-7-13(16-15-11)18-8-4-5-12(18)10-17(2)3/h6-7,12,14H,4-5,8-10H2,1-3H3. The topological polar surface area (TPSA) is 44.3 Å². The summed E-state index contributed by atoms with van der Waals surface area (Å²) in [5.41, 5.74) is 0.990. The van der Waals surface area contributed by atoms with Gasteiger partial charge in [-0.3, -0.25) is 0 Å². The molecule has 1 aliphatic heterocycles. The summed E-state index contributed by atoms with van der Waals surface area (Å²) >= 11 is 0. The Morgan fingerprint density at radius 1 is 1.39 bits per heavy atom. The molecule has 2 heterocycles. The van der Waals surface area contributed by atoms with Gasteiger partial charge in [-0.15, -0.1) is 5.10 Å². The van der Waals surface area contributed by atoms with Gasteiger partial charge in [-0.2, -0.15) is 5.10 Å². The molecule has 1 fully saturated rings. The largest absolute Gasteiger partial charge is 0.351 e. The maximum Gasteiger partial charge on any atom is 0.151 e. The summed E-state index contributed by atoms with van der Waals surface area (Å²) in [6.07, 6.45) is 2.50. The highest BCUT2D eigenvalue weighted by Crippen LogP contribution is 2.23. The van der Waals surface area contributed by atoms with Crippen LogP contribution in [-0.4, -0.2) is 55.4 Å². The van der Waals surface area contributed by atoms with E-state index in [1.165, 1.54) is 12.8 Å². The summed E-state index contributed by atoms with van der Waals surface area (Å²) in [5, 5.41) is 11.7. The summed E-state index contributed by atoms with van der Waals surface area (Å²) < 4.78 is 0. The van der Waals surface area contributed by atoms with Crippen LogP contribution >= 0.6 is 0 Å². The Kier molecular flexibility index (Phi) is 4.49. The summed E-state index contributed by atoms with van der Waals surface area (Å²) in [7, 11) is 6.17. The van der Waals surface area contributed by atoms with E-state index in [2.05, 4.69) is 51.5 Å². The van der Waals surface area contributed by atoms with E-state index < -0.39 is 0 Å². The Morgan fingerprint density at radius 3 is 2.83 bits per heavy atom. The lowest BCUT2D eigenvalue weighted by atomic mass is 10.2. The molecule has 1 aromatic rings. The molecule has 100 valence electrons. The minimum absolute atomic E-state index is 0.574. The maximum atomic E-state index is 4.35. The van der Waals surface area contributed by atoms with E-state index >= 15 is 0 Å². The fourth-order valence-corrected chi connectivity index (χ4v) is 2.53. The van der Waals surface area contributed by atoms with Crippen LogP contribution in [-0.2, 0) is 6.54 Å². The van der Waals surface area contributed by atoms with Gasteiger partial charge in [0.2, 0.25) is 0 Å². The van der Waals surface area contributed by atoms with E-state index in [1.54, 1.807) is 0 Å². The van der Waals surface area contributed by atoms with E-state index in [0.29, 0.717) is 6.04 Å². The average Bonchev–Trinajstić information content (AvgIpc) is 2.78. The second-order valence-electron chi connectivity index (χ2n) is 5.16. The number of nitrogens with zero attached hydrogens (tertiary/aromatic N) is 4. The van der Waals surface area contributed by atoms with Crippen molar-refractivity contribution in [1.29, 1.82) is 0 Å². The van der Waals surface area contributed by atoms with Crippen molar-refractivity contribution >= 4 is 5.82 Å². The second kappa shape index (κ2) is 6.11. The van der Waals surface area contributed by atoms with Crippen LogP contribution < -0.4 is 10.2 Å². The van der Waals surface area contributed by atoms with E-state index in [1.807, 2.05) is 7.05 Å². The van der Waals surface area contributed by atoms with Crippen molar-refractivity contribution in [2.24, 2.45) is 0 Å². The normalized spacial score (nSPS) is 19.8. The van der Waals surface area contributed by atoms with Crippen LogP contribution in [0.3, 0.4) is 0 Å². The second-order valence-corrected chi connectivity index (χ2v) is 5.16. The van der Waals surface area contributed by atoms with Gasteiger partial charge in [0.25, 0.3) is 0 Å². The Morgan fingerprint density at radius 2 is 2.22 bits per heavy atom. The number of nitrogens with one attached hydrogen (secondary N) is 1. The van der Waals surface area contributed by atoms with Crippen LogP contribution in [0.15, 0.2) is 12.1 Å². The number of anilines is 1. The monoisotopic (exact) mass is 249 g/mol. The zero-order valence-corrected chi connectivity index (χ0v) is 11.6. The van der Waals surface area contributed by atoms with Crippen molar-refractivity contribution in [3.63, 3.8) is 0 Å². The lowest BCUT2D eigenvalue weighted by molar-refractivity contribution is 0.371. The fourth-order valence-electron chi connectivity index (χ4n) is 2.53. The predicted octanol–water partition coefficient (Wildman–Crippen LogP) is 0.726. The Bertz CT molecular complexity index is 362. The van der Waals surface area contributed by atoms with Gasteiger partial charge in [-0.25, -0.2) is 0 Å². The van der Waals surface area contributed by atoms with Crippen LogP contribution in [0.4, 0.5) is 5.82 Å². The summed E-state index contributed by atoms with van der Waals surface area (Å²) in [4.78, 5) is 4.63. The minimum atomic E-state index is 0.574. The van der Waals surface area contributed by atoms with Gasteiger partial charge in [0, 0.05) is 25.7 Å². The molecule has 1 atom stereocenters. The van der Waals surface area contributed by atoms with Gasteiger partial charge in [-0.1, -0.05) is 0 Å². The third kappa shape index (κ3) is 3.17. The molecule has 18 heavy (non-hydrogen) atoms. The van der Waals surface area contributed by atoms with Crippen molar-refractivity contribution in [3.05, 3.63) is 17.8 Å². The predicted molar refractivity (Wildman–Crippen MR) is 73.7 cm³/mol. The molecule has 2 rings (SSSR count). The van der Waals surface area contributed by atoms with Crippen molar-refractivity contribution in [3.8, 4) is 0 Å². The van der Waals surface area contributed by atoms with Crippen molar-refractivity contribution in [2.75, 3.05) is 39.1 Å². The summed E-state index contributed by atoms with van der Waals surface area (Å²) in [6.45, 7) is 2.95. The zero-order valence-electron chi connectivity index (χ0n) is 11.6. The molecule has 0 spiro atoms. The minimum Gasteiger partial charge on any atom is -0.351 e. The van der Waals surface area contributed by atoms with E-state index in [4.69, 9.17) is 0 Å². The first-order valence-electron chi connectivity index (χ1n) is 6.59. The lowest BCUT2D eigenvalue weighted by Gasteiger charge is -2.27. The molecule has 0 aliphatic carbocycles. The molecule has 1 saturated heterocycles. The summed E-state index contributed by atoms with van der Waals surface area (Å²) in [6, 6.07) is 4.72. The van der Waals surface area contributed by atoms with Crippen LogP contribution in [0, 0.1) is 0 Å². The van der Waals surface area contributed by atoms with Crippen molar-refractivity contribution in [1.82, 2.24) is 20.4 Å². The number of rotatable bonds is 5. The highest BCUT2D eigenvalue weighted by Gasteiger charge is 2.26. The maximum absolute atomic E-state index is 4.35. The van der Waals surface area contributed by atoms with Crippen LogP contribution in [0.2, 0.25) is 0 Å². The van der Waals surface area contributed by atoms with Gasteiger partial charge in [0.05, 0.1) is 5.69 Å². The molecular formula is C13H23N5. The fraction of sp³-hybridized carbons (Fsp3) is 0.692. The first kappa shape index (κ1) is 13.2. The van der Waals surface area contributed by atoms with Gasteiger partial charge >= 0.3 is 0 Å².